The number of esters is 1. The number of amides is 1. The van der Waals surface area contributed by atoms with Crippen molar-refractivity contribution in [2.45, 2.75) is 19.4 Å². The first kappa shape index (κ1) is 13.2. The highest BCUT2D eigenvalue weighted by atomic mass is 19.1. The van der Waals surface area contributed by atoms with E-state index in [0.29, 0.717) is 6.42 Å². The summed E-state index contributed by atoms with van der Waals surface area (Å²) in [5, 5.41) is 2.48. The largest absolute Gasteiger partial charge is 0.467 e. The second kappa shape index (κ2) is 5.98. The van der Waals surface area contributed by atoms with Crippen LogP contribution in [0.3, 0.4) is 0 Å². The van der Waals surface area contributed by atoms with E-state index in [2.05, 4.69) is 10.1 Å². The fourth-order valence-electron chi connectivity index (χ4n) is 1.34. The van der Waals surface area contributed by atoms with Crippen LogP contribution < -0.4 is 5.32 Å². The second-order valence-corrected chi connectivity index (χ2v) is 3.47. The van der Waals surface area contributed by atoms with Gasteiger partial charge in [-0.2, -0.15) is 0 Å². The molecule has 0 aliphatic carbocycles. The van der Waals surface area contributed by atoms with Crippen molar-refractivity contribution in [3.05, 3.63) is 35.6 Å². The molecule has 1 amide bonds. The third-order valence-electron chi connectivity index (χ3n) is 2.29. The van der Waals surface area contributed by atoms with Gasteiger partial charge in [0.05, 0.1) is 7.11 Å². The van der Waals surface area contributed by atoms with Crippen molar-refractivity contribution in [3.63, 3.8) is 0 Å². The standard InChI is InChI=1S/C12H14FNO3/c1-3-10(12(16)17-2)14-11(15)8-5-4-6-9(13)7-8/h4-7,10H,3H2,1-2H3,(H,14,15). The molecule has 1 atom stereocenters. The SMILES string of the molecule is CCC(NC(=O)c1cccc(F)c1)C(=O)OC. The van der Waals surface area contributed by atoms with Crippen LogP contribution in [0.5, 0.6) is 0 Å². The summed E-state index contributed by atoms with van der Waals surface area (Å²) in [4.78, 5) is 23.0. The molecule has 1 unspecified atom stereocenters. The van der Waals surface area contributed by atoms with Gasteiger partial charge in [-0.25, -0.2) is 9.18 Å². The van der Waals surface area contributed by atoms with Gasteiger partial charge in [0.25, 0.3) is 5.91 Å². The Hall–Kier alpha value is -1.91. The summed E-state index contributed by atoms with van der Waals surface area (Å²) < 4.78 is 17.4. The topological polar surface area (TPSA) is 55.4 Å². The Kier molecular flexibility index (Phi) is 4.63. The summed E-state index contributed by atoms with van der Waals surface area (Å²) in [5.41, 5.74) is 0.173. The molecule has 1 aromatic rings. The first-order chi connectivity index (χ1) is 8.08. The molecule has 0 saturated heterocycles. The fraction of sp³-hybridized carbons (Fsp3) is 0.333. The summed E-state index contributed by atoms with van der Waals surface area (Å²) in [6.07, 6.45) is 0.410. The molecule has 0 aromatic heterocycles. The van der Waals surface area contributed by atoms with Crippen molar-refractivity contribution in [2.24, 2.45) is 0 Å². The van der Waals surface area contributed by atoms with Gasteiger partial charge in [-0.3, -0.25) is 4.79 Å². The van der Waals surface area contributed by atoms with Gasteiger partial charge in [0.15, 0.2) is 0 Å². The normalized spacial score (nSPS) is 11.7. The zero-order valence-corrected chi connectivity index (χ0v) is 9.70. The molecule has 0 heterocycles. The number of hydrogen-bond donors (Lipinski definition) is 1. The molecule has 1 rings (SSSR count). The number of nitrogens with one attached hydrogen (secondary N) is 1. The molecule has 0 aliphatic rings. The van der Waals surface area contributed by atoms with Crippen molar-refractivity contribution in [3.8, 4) is 0 Å². The van der Waals surface area contributed by atoms with Gasteiger partial charge >= 0.3 is 5.97 Å². The van der Waals surface area contributed by atoms with Gasteiger partial charge in [0, 0.05) is 5.56 Å². The lowest BCUT2D eigenvalue weighted by Crippen LogP contribution is -2.41. The van der Waals surface area contributed by atoms with Crippen LogP contribution in [0.4, 0.5) is 4.39 Å². The Bertz CT molecular complexity index is 420. The van der Waals surface area contributed by atoms with E-state index in [0.717, 1.165) is 6.07 Å². The number of carbonyl (C=O) groups is 2. The highest BCUT2D eigenvalue weighted by molar-refractivity contribution is 5.96. The predicted molar refractivity (Wildman–Crippen MR) is 60.0 cm³/mol. The van der Waals surface area contributed by atoms with Gasteiger partial charge in [-0.15, -0.1) is 0 Å². The van der Waals surface area contributed by atoms with E-state index in [-0.39, 0.29) is 5.56 Å². The molecule has 1 N–H and O–H groups in total. The van der Waals surface area contributed by atoms with E-state index in [9.17, 15) is 14.0 Å². The first-order valence-electron chi connectivity index (χ1n) is 5.22. The lowest BCUT2D eigenvalue weighted by atomic mass is 10.1. The number of hydrogen-bond acceptors (Lipinski definition) is 3. The van der Waals surface area contributed by atoms with E-state index in [4.69, 9.17) is 0 Å². The summed E-state index contributed by atoms with van der Waals surface area (Å²) in [5.74, 6) is -1.51. The summed E-state index contributed by atoms with van der Waals surface area (Å²) in [7, 11) is 1.25. The zero-order chi connectivity index (χ0) is 12.8. The van der Waals surface area contributed by atoms with Crippen molar-refractivity contribution in [1.29, 1.82) is 0 Å². The Labute approximate surface area is 98.8 Å². The highest BCUT2D eigenvalue weighted by Gasteiger charge is 2.19. The van der Waals surface area contributed by atoms with Crippen molar-refractivity contribution in [2.75, 3.05) is 7.11 Å². The molecule has 4 nitrogen and oxygen atoms in total. The van der Waals surface area contributed by atoms with Crippen molar-refractivity contribution < 1.29 is 18.7 Å². The smallest absolute Gasteiger partial charge is 0.328 e. The zero-order valence-electron chi connectivity index (χ0n) is 9.70. The van der Waals surface area contributed by atoms with Crippen molar-refractivity contribution in [1.82, 2.24) is 5.32 Å². The van der Waals surface area contributed by atoms with Gasteiger partial charge in [-0.1, -0.05) is 13.0 Å². The number of rotatable bonds is 4. The molecule has 1 aromatic carbocycles. The van der Waals surface area contributed by atoms with E-state index in [1.165, 1.54) is 25.3 Å². The number of ether oxygens (including phenoxy) is 1. The Morgan fingerprint density at radius 2 is 2.18 bits per heavy atom. The number of halogens is 1. The van der Waals surface area contributed by atoms with Crippen LogP contribution in [0.15, 0.2) is 24.3 Å². The predicted octanol–water partition coefficient (Wildman–Crippen LogP) is 1.51. The lowest BCUT2D eigenvalue weighted by Gasteiger charge is -2.14. The monoisotopic (exact) mass is 239 g/mol. The van der Waals surface area contributed by atoms with Crippen LogP contribution in [0.1, 0.15) is 23.7 Å². The maximum Gasteiger partial charge on any atom is 0.328 e. The first-order valence-corrected chi connectivity index (χ1v) is 5.22. The minimum absolute atomic E-state index is 0.173. The van der Waals surface area contributed by atoms with Crippen molar-refractivity contribution >= 4 is 11.9 Å². The van der Waals surface area contributed by atoms with Gasteiger partial charge in [-0.05, 0) is 24.6 Å². The molecular weight excluding hydrogens is 225 g/mol. The third-order valence-corrected chi connectivity index (χ3v) is 2.29. The summed E-state index contributed by atoms with van der Waals surface area (Å²) >= 11 is 0. The molecule has 0 aliphatic heterocycles. The van der Waals surface area contributed by atoms with Crippen LogP contribution in [-0.2, 0) is 9.53 Å². The molecule has 0 bridgehead atoms. The second-order valence-electron chi connectivity index (χ2n) is 3.47. The summed E-state index contributed by atoms with van der Waals surface area (Å²) in [6.45, 7) is 1.74. The Morgan fingerprint density at radius 1 is 1.47 bits per heavy atom. The average molecular weight is 239 g/mol. The van der Waals surface area contributed by atoms with E-state index in [1.807, 2.05) is 0 Å². The molecule has 0 saturated carbocycles. The maximum absolute atomic E-state index is 12.9. The van der Waals surface area contributed by atoms with Crippen LogP contribution in [0.2, 0.25) is 0 Å². The van der Waals surface area contributed by atoms with Crippen LogP contribution in [-0.4, -0.2) is 25.0 Å². The van der Waals surface area contributed by atoms with Gasteiger partial charge in [0.2, 0.25) is 0 Å². The minimum atomic E-state index is -0.712. The van der Waals surface area contributed by atoms with Crippen LogP contribution in [0.25, 0.3) is 0 Å². The maximum atomic E-state index is 12.9. The average Bonchev–Trinajstić information content (AvgIpc) is 2.34. The number of benzene rings is 1. The third kappa shape index (κ3) is 3.55. The van der Waals surface area contributed by atoms with Crippen LogP contribution in [0, 0.1) is 5.82 Å². The summed E-state index contributed by atoms with van der Waals surface area (Å²) in [6, 6.07) is 4.55. The molecule has 0 radical (unpaired) electrons. The highest BCUT2D eigenvalue weighted by Crippen LogP contribution is 2.04. The Balaban J connectivity index is 2.74. The number of methoxy groups -OCH3 is 1. The molecule has 5 heteroatoms. The molecule has 0 fully saturated rings. The van der Waals surface area contributed by atoms with Crippen LogP contribution >= 0.6 is 0 Å². The molecule has 17 heavy (non-hydrogen) atoms. The molecule has 92 valence electrons. The fourth-order valence-corrected chi connectivity index (χ4v) is 1.34. The molecular formula is C12H14FNO3. The minimum Gasteiger partial charge on any atom is -0.467 e. The van der Waals surface area contributed by atoms with E-state index >= 15 is 0 Å². The van der Waals surface area contributed by atoms with Gasteiger partial charge < -0.3 is 10.1 Å². The van der Waals surface area contributed by atoms with E-state index < -0.39 is 23.7 Å². The molecule has 0 spiro atoms. The Morgan fingerprint density at radius 3 is 2.71 bits per heavy atom. The van der Waals surface area contributed by atoms with Gasteiger partial charge in [0.1, 0.15) is 11.9 Å². The number of carbonyl (C=O) groups excluding carboxylic acids is 2. The lowest BCUT2D eigenvalue weighted by molar-refractivity contribution is -0.142. The quantitative estimate of drug-likeness (QED) is 0.810. The van der Waals surface area contributed by atoms with E-state index in [1.54, 1.807) is 6.92 Å².